The van der Waals surface area contributed by atoms with Crippen molar-refractivity contribution in [3.05, 3.63) is 34.9 Å². The molecule has 0 fully saturated rings. The fourth-order valence-electron chi connectivity index (χ4n) is 2.31. The normalized spacial score (nSPS) is 12.9. The third-order valence-electron chi connectivity index (χ3n) is 3.37. The molecule has 1 aromatic rings. The monoisotopic (exact) mass is 282 g/mol. The second-order valence-electron chi connectivity index (χ2n) is 5.19. The lowest BCUT2D eigenvalue weighted by Crippen LogP contribution is -2.39. The fraction of sp³-hybridized carbons (Fsp3) is 0.625. The van der Waals surface area contributed by atoms with Crippen molar-refractivity contribution < 1.29 is 0 Å². The molecule has 0 aliphatic heterocycles. The minimum atomic E-state index is 0.593. The van der Waals surface area contributed by atoms with Crippen LogP contribution in [-0.2, 0) is 6.54 Å². The van der Waals surface area contributed by atoms with Crippen molar-refractivity contribution in [1.29, 1.82) is 0 Å². The zero-order valence-corrected chi connectivity index (χ0v) is 13.2. The molecule has 108 valence electrons. The maximum Gasteiger partial charge on any atom is 0.0409 e. The van der Waals surface area contributed by atoms with Crippen molar-refractivity contribution in [2.24, 2.45) is 0 Å². The number of rotatable bonds is 9. The molecule has 0 bridgehead atoms. The number of likely N-dealkylation sites (N-methyl/N-ethyl adjacent to an activating group) is 1. The zero-order valence-electron chi connectivity index (χ0n) is 12.5. The molecule has 19 heavy (non-hydrogen) atoms. The van der Waals surface area contributed by atoms with E-state index in [4.69, 9.17) is 11.6 Å². The Kier molecular flexibility index (Phi) is 8.11. The number of halogens is 1. The zero-order chi connectivity index (χ0) is 14.1. The van der Waals surface area contributed by atoms with Crippen LogP contribution >= 0.6 is 11.6 Å². The predicted octanol–water partition coefficient (Wildman–Crippen LogP) is 3.94. The molecular weight excluding hydrogens is 256 g/mol. The van der Waals surface area contributed by atoms with Crippen LogP contribution in [0.5, 0.6) is 0 Å². The lowest BCUT2D eigenvalue weighted by Gasteiger charge is -2.28. The van der Waals surface area contributed by atoms with Crippen LogP contribution in [0.4, 0.5) is 0 Å². The van der Waals surface area contributed by atoms with Gasteiger partial charge in [0.25, 0.3) is 0 Å². The molecule has 1 rings (SSSR count). The molecular formula is C16H27ClN2. The predicted molar refractivity (Wildman–Crippen MR) is 84.8 cm³/mol. The van der Waals surface area contributed by atoms with Gasteiger partial charge in [0.15, 0.2) is 0 Å². The minimum absolute atomic E-state index is 0.593. The average Bonchev–Trinajstić information content (AvgIpc) is 2.38. The first-order chi connectivity index (χ1) is 9.17. The highest BCUT2D eigenvalue weighted by Crippen LogP contribution is 2.14. The Bertz CT molecular complexity index is 354. The average molecular weight is 283 g/mol. The number of nitrogens with one attached hydrogen (secondary N) is 1. The van der Waals surface area contributed by atoms with Gasteiger partial charge in [-0.05, 0) is 44.1 Å². The highest BCUT2D eigenvalue weighted by atomic mass is 35.5. The molecule has 3 heteroatoms. The second kappa shape index (κ2) is 9.35. The van der Waals surface area contributed by atoms with E-state index < -0.39 is 0 Å². The molecule has 0 amide bonds. The van der Waals surface area contributed by atoms with Crippen LogP contribution < -0.4 is 5.32 Å². The van der Waals surface area contributed by atoms with Crippen LogP contribution in [0.15, 0.2) is 24.3 Å². The summed E-state index contributed by atoms with van der Waals surface area (Å²) >= 11 is 6.04. The Labute approximate surface area is 123 Å². The lowest BCUT2D eigenvalue weighted by atomic mass is 10.1. The molecule has 0 saturated heterocycles. The Morgan fingerprint density at radius 1 is 1.26 bits per heavy atom. The van der Waals surface area contributed by atoms with Crippen LogP contribution in [0.25, 0.3) is 0 Å². The molecule has 1 atom stereocenters. The standard InChI is InChI=1S/C16H27ClN2/c1-4-7-16(12-18-10-5-2)19(3)13-14-8-6-9-15(17)11-14/h6,8-9,11,16,18H,4-5,7,10,12-13H2,1-3H3. The highest BCUT2D eigenvalue weighted by Gasteiger charge is 2.13. The van der Waals surface area contributed by atoms with Gasteiger partial charge in [-0.2, -0.15) is 0 Å². The summed E-state index contributed by atoms with van der Waals surface area (Å²) in [6, 6.07) is 8.74. The molecule has 0 spiro atoms. The molecule has 0 heterocycles. The Balaban J connectivity index is 2.52. The fourth-order valence-corrected chi connectivity index (χ4v) is 2.52. The third-order valence-corrected chi connectivity index (χ3v) is 3.61. The molecule has 0 radical (unpaired) electrons. The van der Waals surface area contributed by atoms with Crippen LogP contribution in [0.3, 0.4) is 0 Å². The van der Waals surface area contributed by atoms with Gasteiger partial charge in [0.1, 0.15) is 0 Å². The summed E-state index contributed by atoms with van der Waals surface area (Å²) in [5, 5.41) is 4.35. The first kappa shape index (κ1) is 16.5. The van der Waals surface area contributed by atoms with Crippen molar-refractivity contribution in [3.63, 3.8) is 0 Å². The Morgan fingerprint density at radius 2 is 2.05 bits per heavy atom. The maximum absolute atomic E-state index is 6.04. The van der Waals surface area contributed by atoms with Crippen LogP contribution in [0.1, 0.15) is 38.7 Å². The van der Waals surface area contributed by atoms with Crippen molar-refractivity contribution in [1.82, 2.24) is 10.2 Å². The highest BCUT2D eigenvalue weighted by molar-refractivity contribution is 6.30. The number of hydrogen-bond acceptors (Lipinski definition) is 2. The topological polar surface area (TPSA) is 15.3 Å². The number of hydrogen-bond donors (Lipinski definition) is 1. The van der Waals surface area contributed by atoms with E-state index >= 15 is 0 Å². The van der Waals surface area contributed by atoms with E-state index in [0.717, 1.165) is 24.7 Å². The first-order valence-corrected chi connectivity index (χ1v) is 7.70. The molecule has 0 aliphatic carbocycles. The molecule has 2 nitrogen and oxygen atoms in total. The van der Waals surface area contributed by atoms with Crippen LogP contribution in [0.2, 0.25) is 5.02 Å². The second-order valence-corrected chi connectivity index (χ2v) is 5.63. The van der Waals surface area contributed by atoms with Crippen molar-refractivity contribution >= 4 is 11.6 Å². The summed E-state index contributed by atoms with van der Waals surface area (Å²) in [5.41, 5.74) is 1.28. The number of benzene rings is 1. The SMILES string of the molecule is CCCNCC(CCC)N(C)Cc1cccc(Cl)c1. The summed E-state index contributed by atoms with van der Waals surface area (Å²) in [7, 11) is 2.20. The van der Waals surface area contributed by atoms with Gasteiger partial charge >= 0.3 is 0 Å². The van der Waals surface area contributed by atoms with E-state index in [1.807, 2.05) is 12.1 Å². The Hall–Kier alpha value is -0.570. The maximum atomic E-state index is 6.04. The third kappa shape index (κ3) is 6.42. The minimum Gasteiger partial charge on any atom is -0.315 e. The van der Waals surface area contributed by atoms with E-state index in [0.29, 0.717) is 6.04 Å². The molecule has 0 aliphatic rings. The van der Waals surface area contributed by atoms with Gasteiger partial charge in [-0.1, -0.05) is 44.0 Å². The van der Waals surface area contributed by atoms with Crippen molar-refractivity contribution in [2.75, 3.05) is 20.1 Å². The number of nitrogens with zero attached hydrogens (tertiary/aromatic N) is 1. The molecule has 1 N–H and O–H groups in total. The molecule has 0 saturated carbocycles. The van der Waals surface area contributed by atoms with Gasteiger partial charge in [0.05, 0.1) is 0 Å². The van der Waals surface area contributed by atoms with E-state index in [9.17, 15) is 0 Å². The first-order valence-electron chi connectivity index (χ1n) is 7.32. The molecule has 1 aromatic carbocycles. The lowest BCUT2D eigenvalue weighted by molar-refractivity contribution is 0.215. The molecule has 1 unspecified atom stereocenters. The van der Waals surface area contributed by atoms with Gasteiger partial charge in [-0.15, -0.1) is 0 Å². The van der Waals surface area contributed by atoms with Gasteiger partial charge < -0.3 is 5.32 Å². The summed E-state index contributed by atoms with van der Waals surface area (Å²) in [6.45, 7) is 7.58. The summed E-state index contributed by atoms with van der Waals surface area (Å²) in [4.78, 5) is 2.43. The smallest absolute Gasteiger partial charge is 0.0409 e. The van der Waals surface area contributed by atoms with E-state index in [-0.39, 0.29) is 0 Å². The van der Waals surface area contributed by atoms with Crippen molar-refractivity contribution in [2.45, 2.75) is 45.7 Å². The summed E-state index contributed by atoms with van der Waals surface area (Å²) in [5.74, 6) is 0. The van der Waals surface area contributed by atoms with Crippen LogP contribution in [-0.4, -0.2) is 31.1 Å². The van der Waals surface area contributed by atoms with Gasteiger partial charge in [-0.3, -0.25) is 4.90 Å². The Morgan fingerprint density at radius 3 is 2.68 bits per heavy atom. The quantitative estimate of drug-likeness (QED) is 0.690. The molecule has 0 aromatic heterocycles. The van der Waals surface area contributed by atoms with Gasteiger partial charge in [0.2, 0.25) is 0 Å². The summed E-state index contributed by atoms with van der Waals surface area (Å²) in [6.07, 6.45) is 3.64. The largest absolute Gasteiger partial charge is 0.315 e. The van der Waals surface area contributed by atoms with Gasteiger partial charge in [0, 0.05) is 24.2 Å². The van der Waals surface area contributed by atoms with Gasteiger partial charge in [-0.25, -0.2) is 0 Å². The van der Waals surface area contributed by atoms with Crippen LogP contribution in [0, 0.1) is 0 Å². The summed E-state index contributed by atoms with van der Waals surface area (Å²) < 4.78 is 0. The van der Waals surface area contributed by atoms with Crippen molar-refractivity contribution in [3.8, 4) is 0 Å². The van der Waals surface area contributed by atoms with E-state index in [2.05, 4.69) is 43.2 Å². The van der Waals surface area contributed by atoms with E-state index in [1.54, 1.807) is 0 Å². The van der Waals surface area contributed by atoms with E-state index in [1.165, 1.54) is 24.8 Å².